The number of hydrogen-bond acceptors (Lipinski definition) is 5. The molecule has 0 saturated carbocycles. The van der Waals surface area contributed by atoms with Gasteiger partial charge in [-0.15, -0.1) is 0 Å². The fraction of sp³-hybridized carbons (Fsp3) is 0.750. The van der Waals surface area contributed by atoms with Crippen molar-refractivity contribution >= 4 is 5.78 Å². The molecule has 2 heterocycles. The number of aryl methyl sites for hydroxylation is 1. The lowest BCUT2D eigenvalue weighted by molar-refractivity contribution is -0.118. The van der Waals surface area contributed by atoms with E-state index in [-0.39, 0.29) is 5.78 Å². The van der Waals surface area contributed by atoms with Crippen molar-refractivity contribution < 1.29 is 9.32 Å². The molecule has 17 heavy (non-hydrogen) atoms. The molecule has 5 heteroatoms. The quantitative estimate of drug-likeness (QED) is 0.797. The molecule has 1 aliphatic heterocycles. The van der Waals surface area contributed by atoms with E-state index in [1.165, 1.54) is 12.8 Å². The summed E-state index contributed by atoms with van der Waals surface area (Å²) in [4.78, 5) is 17.8. The van der Waals surface area contributed by atoms with Crippen molar-refractivity contribution in [2.24, 2.45) is 0 Å². The molecule has 1 unspecified atom stereocenters. The first-order valence-electron chi connectivity index (χ1n) is 6.18. The Balaban J connectivity index is 1.98. The van der Waals surface area contributed by atoms with E-state index in [1.54, 1.807) is 13.8 Å². The monoisotopic (exact) mass is 237 g/mol. The van der Waals surface area contributed by atoms with Crippen molar-refractivity contribution in [3.8, 4) is 0 Å². The molecular weight excluding hydrogens is 218 g/mol. The largest absolute Gasteiger partial charge is 0.340 e. The Labute approximate surface area is 101 Å². The highest BCUT2D eigenvalue weighted by molar-refractivity contribution is 5.76. The van der Waals surface area contributed by atoms with Crippen molar-refractivity contribution in [3.05, 3.63) is 11.7 Å². The Morgan fingerprint density at radius 1 is 1.53 bits per heavy atom. The van der Waals surface area contributed by atoms with Crippen LogP contribution in [0.25, 0.3) is 0 Å². The van der Waals surface area contributed by atoms with Gasteiger partial charge >= 0.3 is 0 Å². The van der Waals surface area contributed by atoms with Gasteiger partial charge in [0.2, 0.25) is 5.89 Å². The van der Waals surface area contributed by atoms with Crippen LogP contribution in [0.5, 0.6) is 0 Å². The van der Waals surface area contributed by atoms with Crippen LogP contribution in [0, 0.1) is 6.92 Å². The number of aromatic nitrogens is 2. The highest BCUT2D eigenvalue weighted by Gasteiger charge is 2.24. The van der Waals surface area contributed by atoms with Gasteiger partial charge in [0.1, 0.15) is 5.78 Å². The molecule has 1 atom stereocenters. The number of carbonyl (C=O) groups is 1. The third-order valence-electron chi connectivity index (χ3n) is 3.19. The second-order valence-corrected chi connectivity index (χ2v) is 4.76. The molecule has 0 radical (unpaired) electrons. The summed E-state index contributed by atoms with van der Waals surface area (Å²) in [6.07, 6.45) is 4.12. The first kappa shape index (κ1) is 12.2. The zero-order valence-electron chi connectivity index (χ0n) is 10.5. The molecule has 0 spiro atoms. The lowest BCUT2D eigenvalue weighted by atomic mass is 9.98. The van der Waals surface area contributed by atoms with E-state index in [0.717, 1.165) is 18.8 Å². The minimum absolute atomic E-state index is 0.256. The van der Waals surface area contributed by atoms with E-state index >= 15 is 0 Å². The van der Waals surface area contributed by atoms with Gasteiger partial charge in [-0.25, -0.2) is 0 Å². The van der Waals surface area contributed by atoms with Crippen molar-refractivity contribution in [1.29, 1.82) is 0 Å². The van der Waals surface area contributed by atoms with Gasteiger partial charge in [0.25, 0.3) is 0 Å². The first-order valence-corrected chi connectivity index (χ1v) is 6.18. The topological polar surface area (TPSA) is 59.2 Å². The minimum Gasteiger partial charge on any atom is -0.340 e. The van der Waals surface area contributed by atoms with Crippen LogP contribution in [0.4, 0.5) is 0 Å². The van der Waals surface area contributed by atoms with E-state index in [1.807, 2.05) is 0 Å². The highest BCUT2D eigenvalue weighted by Crippen LogP contribution is 2.21. The summed E-state index contributed by atoms with van der Waals surface area (Å²) in [6, 6.07) is 0.347. The summed E-state index contributed by atoms with van der Waals surface area (Å²) in [7, 11) is 0. The van der Waals surface area contributed by atoms with Gasteiger partial charge in [-0.2, -0.15) is 4.98 Å². The van der Waals surface area contributed by atoms with Gasteiger partial charge in [-0.3, -0.25) is 9.69 Å². The van der Waals surface area contributed by atoms with Crippen LogP contribution >= 0.6 is 0 Å². The molecule has 2 rings (SSSR count). The van der Waals surface area contributed by atoms with Gasteiger partial charge < -0.3 is 4.52 Å². The summed E-state index contributed by atoms with van der Waals surface area (Å²) < 4.78 is 4.97. The Hall–Kier alpha value is -1.23. The summed E-state index contributed by atoms with van der Waals surface area (Å²) in [5.41, 5.74) is 0. The van der Waals surface area contributed by atoms with Crippen LogP contribution in [0.3, 0.4) is 0 Å². The number of Topliss-reactive ketones (excluding diaryl/α,β-unsaturated/α-hetero) is 1. The summed E-state index contributed by atoms with van der Waals surface area (Å²) >= 11 is 0. The van der Waals surface area contributed by atoms with Crippen molar-refractivity contribution in [2.45, 2.75) is 52.1 Å². The maximum absolute atomic E-state index is 11.2. The van der Waals surface area contributed by atoms with Gasteiger partial charge in [0.15, 0.2) is 5.82 Å². The lowest BCUT2D eigenvalue weighted by Crippen LogP contribution is -2.40. The van der Waals surface area contributed by atoms with E-state index in [2.05, 4.69) is 15.0 Å². The second kappa shape index (κ2) is 5.40. The summed E-state index contributed by atoms with van der Waals surface area (Å²) in [5, 5.41) is 3.91. The van der Waals surface area contributed by atoms with E-state index < -0.39 is 0 Å². The SMILES string of the molecule is CC(=O)CC1CCCCN1Cc1noc(C)n1. The number of nitrogens with zero attached hydrogens (tertiary/aromatic N) is 3. The second-order valence-electron chi connectivity index (χ2n) is 4.76. The van der Waals surface area contributed by atoms with Gasteiger partial charge in [0.05, 0.1) is 6.54 Å². The molecule has 5 nitrogen and oxygen atoms in total. The fourth-order valence-electron chi connectivity index (χ4n) is 2.42. The molecule has 1 aromatic heterocycles. The number of likely N-dealkylation sites (tertiary alicyclic amines) is 1. The van der Waals surface area contributed by atoms with E-state index in [9.17, 15) is 4.79 Å². The molecule has 0 aliphatic carbocycles. The zero-order chi connectivity index (χ0) is 12.3. The molecule has 0 aromatic carbocycles. The minimum atomic E-state index is 0.256. The molecule has 0 bridgehead atoms. The maximum atomic E-state index is 11.2. The predicted molar refractivity (Wildman–Crippen MR) is 62.4 cm³/mol. The van der Waals surface area contributed by atoms with Crippen molar-refractivity contribution in [3.63, 3.8) is 0 Å². The van der Waals surface area contributed by atoms with Crippen molar-refractivity contribution in [1.82, 2.24) is 15.0 Å². The zero-order valence-corrected chi connectivity index (χ0v) is 10.5. The fourth-order valence-corrected chi connectivity index (χ4v) is 2.42. The van der Waals surface area contributed by atoms with Gasteiger partial charge in [-0.1, -0.05) is 11.6 Å². The smallest absolute Gasteiger partial charge is 0.223 e. The number of rotatable bonds is 4. The standard InChI is InChI=1S/C12H19N3O2/c1-9(16)7-11-5-3-4-6-15(11)8-12-13-10(2)17-14-12/h11H,3-8H2,1-2H3. The summed E-state index contributed by atoms with van der Waals surface area (Å²) in [5.74, 6) is 1.57. The number of piperidine rings is 1. The summed E-state index contributed by atoms with van der Waals surface area (Å²) in [6.45, 7) is 5.16. The average Bonchev–Trinajstić information content (AvgIpc) is 2.66. The highest BCUT2D eigenvalue weighted by atomic mass is 16.5. The molecule has 0 amide bonds. The Kier molecular flexibility index (Phi) is 3.89. The van der Waals surface area contributed by atoms with Crippen LogP contribution in [0.1, 0.15) is 44.3 Å². The molecule has 0 N–H and O–H groups in total. The third-order valence-corrected chi connectivity index (χ3v) is 3.19. The number of ketones is 1. The number of carbonyl (C=O) groups excluding carboxylic acids is 1. The maximum Gasteiger partial charge on any atom is 0.223 e. The molecule has 1 fully saturated rings. The van der Waals surface area contributed by atoms with Crippen LogP contribution in [-0.2, 0) is 11.3 Å². The molecule has 1 saturated heterocycles. The lowest BCUT2D eigenvalue weighted by Gasteiger charge is -2.34. The van der Waals surface area contributed by atoms with Crippen LogP contribution in [-0.4, -0.2) is 33.4 Å². The molecule has 1 aliphatic rings. The Morgan fingerprint density at radius 2 is 2.35 bits per heavy atom. The average molecular weight is 237 g/mol. The van der Waals surface area contributed by atoms with E-state index in [0.29, 0.717) is 24.9 Å². The normalized spacial score (nSPS) is 21.6. The van der Waals surface area contributed by atoms with Crippen LogP contribution in [0.2, 0.25) is 0 Å². The van der Waals surface area contributed by atoms with E-state index in [4.69, 9.17) is 4.52 Å². The van der Waals surface area contributed by atoms with Gasteiger partial charge in [-0.05, 0) is 26.3 Å². The van der Waals surface area contributed by atoms with Gasteiger partial charge in [0, 0.05) is 19.4 Å². The Morgan fingerprint density at radius 3 is 3.00 bits per heavy atom. The van der Waals surface area contributed by atoms with Crippen molar-refractivity contribution in [2.75, 3.05) is 6.54 Å². The van der Waals surface area contributed by atoms with Crippen LogP contribution in [0.15, 0.2) is 4.52 Å². The molecular formula is C12H19N3O2. The predicted octanol–water partition coefficient (Wildman–Crippen LogP) is 1.71. The molecule has 94 valence electrons. The number of hydrogen-bond donors (Lipinski definition) is 0. The molecule has 1 aromatic rings. The van der Waals surface area contributed by atoms with Crippen LogP contribution < -0.4 is 0 Å². The Bertz CT molecular complexity index is 389. The third kappa shape index (κ3) is 3.36. The first-order chi connectivity index (χ1) is 8.15.